The van der Waals surface area contributed by atoms with Crippen molar-refractivity contribution in [1.82, 2.24) is 10.6 Å². The van der Waals surface area contributed by atoms with Gasteiger partial charge in [-0.25, -0.2) is 8.42 Å². The van der Waals surface area contributed by atoms with Crippen LogP contribution in [-0.4, -0.2) is 45.5 Å². The molecule has 0 bridgehead atoms. The van der Waals surface area contributed by atoms with Crippen LogP contribution in [0.3, 0.4) is 0 Å². The molecule has 0 spiro atoms. The number of hydrogen-bond donors (Lipinski definition) is 2. The first-order valence-electron chi connectivity index (χ1n) is 6.82. The molecule has 6 nitrogen and oxygen atoms in total. The van der Waals surface area contributed by atoms with Crippen molar-refractivity contribution in [3.63, 3.8) is 0 Å². The highest BCUT2D eigenvalue weighted by Gasteiger charge is 2.06. The molecule has 0 fully saturated rings. The molecular formula is C13H23N3O3S. The van der Waals surface area contributed by atoms with Gasteiger partial charge in [-0.3, -0.25) is 4.99 Å². The molecule has 1 rings (SSSR count). The minimum atomic E-state index is -2.96. The second-order valence-corrected chi connectivity index (χ2v) is 6.73. The maximum atomic E-state index is 11.4. The lowest BCUT2D eigenvalue weighted by Crippen LogP contribution is -2.38. The third kappa shape index (κ3) is 6.60. The van der Waals surface area contributed by atoms with Crippen molar-refractivity contribution in [3.05, 3.63) is 24.2 Å². The van der Waals surface area contributed by atoms with Crippen LogP contribution in [-0.2, 0) is 16.3 Å². The van der Waals surface area contributed by atoms with Gasteiger partial charge in [0.15, 0.2) is 15.8 Å². The molecule has 0 aromatic carbocycles. The molecule has 0 radical (unpaired) electrons. The van der Waals surface area contributed by atoms with Crippen molar-refractivity contribution in [1.29, 1.82) is 0 Å². The highest BCUT2D eigenvalue weighted by atomic mass is 32.2. The molecule has 0 unspecified atom stereocenters. The molecule has 2 N–H and O–H groups in total. The van der Waals surface area contributed by atoms with E-state index in [0.717, 1.165) is 18.7 Å². The van der Waals surface area contributed by atoms with E-state index in [2.05, 4.69) is 15.6 Å². The number of sulfone groups is 1. The Morgan fingerprint density at radius 1 is 1.35 bits per heavy atom. The Morgan fingerprint density at radius 3 is 2.75 bits per heavy atom. The van der Waals surface area contributed by atoms with Crippen molar-refractivity contribution >= 4 is 15.8 Å². The number of hydrogen-bond acceptors (Lipinski definition) is 4. The maximum absolute atomic E-state index is 11.4. The number of aliphatic imine (C=N–C) groups is 1. The average Bonchev–Trinajstić information content (AvgIpc) is 2.92. The Morgan fingerprint density at radius 2 is 2.15 bits per heavy atom. The molecule has 0 saturated heterocycles. The fourth-order valence-electron chi connectivity index (χ4n) is 1.54. The summed E-state index contributed by atoms with van der Waals surface area (Å²) in [5.41, 5.74) is 0. The van der Waals surface area contributed by atoms with Crippen LogP contribution in [0.25, 0.3) is 0 Å². The zero-order valence-corrected chi connectivity index (χ0v) is 12.9. The van der Waals surface area contributed by atoms with Crippen LogP contribution in [0.2, 0.25) is 0 Å². The van der Waals surface area contributed by atoms with Gasteiger partial charge >= 0.3 is 0 Å². The summed E-state index contributed by atoms with van der Waals surface area (Å²) in [6.45, 7) is 5.29. The Bertz CT molecular complexity index is 495. The van der Waals surface area contributed by atoms with Crippen LogP contribution >= 0.6 is 0 Å². The quantitative estimate of drug-likeness (QED) is 0.548. The van der Waals surface area contributed by atoms with Gasteiger partial charge in [0.25, 0.3) is 0 Å². The van der Waals surface area contributed by atoms with Crippen LogP contribution < -0.4 is 10.6 Å². The van der Waals surface area contributed by atoms with E-state index in [4.69, 9.17) is 4.42 Å². The second-order valence-electron chi connectivity index (χ2n) is 4.25. The molecule has 0 saturated carbocycles. The molecule has 1 heterocycles. The lowest BCUT2D eigenvalue weighted by molar-refractivity contribution is 0.507. The minimum absolute atomic E-state index is 0.0816. The van der Waals surface area contributed by atoms with Crippen LogP contribution in [0.15, 0.2) is 27.8 Å². The van der Waals surface area contributed by atoms with Crippen molar-refractivity contribution in [2.75, 3.05) is 31.1 Å². The van der Waals surface area contributed by atoms with E-state index in [1.54, 1.807) is 13.2 Å². The van der Waals surface area contributed by atoms with Gasteiger partial charge in [0.1, 0.15) is 5.76 Å². The van der Waals surface area contributed by atoms with Crippen molar-refractivity contribution in [2.24, 2.45) is 4.99 Å². The summed E-state index contributed by atoms with van der Waals surface area (Å²) in [5.74, 6) is 1.77. The monoisotopic (exact) mass is 301 g/mol. The van der Waals surface area contributed by atoms with Gasteiger partial charge in [-0.2, -0.15) is 0 Å². The molecule has 0 atom stereocenters. The maximum Gasteiger partial charge on any atom is 0.191 e. The lowest BCUT2D eigenvalue weighted by atomic mass is 10.3. The third-order valence-electron chi connectivity index (χ3n) is 2.70. The average molecular weight is 301 g/mol. The largest absolute Gasteiger partial charge is 0.469 e. The van der Waals surface area contributed by atoms with Gasteiger partial charge in [-0.05, 0) is 19.1 Å². The smallest absolute Gasteiger partial charge is 0.191 e. The van der Waals surface area contributed by atoms with E-state index < -0.39 is 9.84 Å². The number of nitrogens with one attached hydrogen (secondary N) is 2. The Labute approximate surface area is 120 Å². The summed E-state index contributed by atoms with van der Waals surface area (Å²) in [4.78, 5) is 4.25. The first-order chi connectivity index (χ1) is 9.57. The number of guanidine groups is 1. The van der Waals surface area contributed by atoms with E-state index in [1.165, 1.54) is 0 Å². The fourth-order valence-corrected chi connectivity index (χ4v) is 2.20. The SMILES string of the molecule is CCNC(=NCCS(=O)(=O)CC)NCCc1ccco1. The highest BCUT2D eigenvalue weighted by molar-refractivity contribution is 7.91. The lowest BCUT2D eigenvalue weighted by Gasteiger charge is -2.10. The summed E-state index contributed by atoms with van der Waals surface area (Å²) < 4.78 is 28.0. The minimum Gasteiger partial charge on any atom is -0.469 e. The number of furan rings is 1. The molecule has 0 aliphatic carbocycles. The molecule has 0 aliphatic rings. The Kier molecular flexibility index (Phi) is 7.14. The van der Waals surface area contributed by atoms with E-state index >= 15 is 0 Å². The summed E-state index contributed by atoms with van der Waals surface area (Å²) in [5, 5.41) is 6.23. The summed E-state index contributed by atoms with van der Waals surface area (Å²) in [7, 11) is -2.96. The third-order valence-corrected chi connectivity index (χ3v) is 4.38. The molecule has 20 heavy (non-hydrogen) atoms. The first-order valence-corrected chi connectivity index (χ1v) is 8.64. The van der Waals surface area contributed by atoms with E-state index in [9.17, 15) is 8.42 Å². The van der Waals surface area contributed by atoms with Crippen LogP contribution in [0.1, 0.15) is 19.6 Å². The van der Waals surface area contributed by atoms with Crippen LogP contribution in [0, 0.1) is 0 Å². The zero-order chi connectivity index (χ0) is 14.8. The second kappa shape index (κ2) is 8.63. The van der Waals surface area contributed by atoms with Gasteiger partial charge < -0.3 is 15.1 Å². The molecular weight excluding hydrogens is 278 g/mol. The normalized spacial score (nSPS) is 12.4. The van der Waals surface area contributed by atoms with Gasteiger partial charge in [0.05, 0.1) is 18.6 Å². The molecule has 1 aromatic heterocycles. The van der Waals surface area contributed by atoms with Gasteiger partial charge in [-0.1, -0.05) is 6.92 Å². The zero-order valence-electron chi connectivity index (χ0n) is 12.1. The fraction of sp³-hybridized carbons (Fsp3) is 0.615. The van der Waals surface area contributed by atoms with E-state index in [0.29, 0.717) is 12.5 Å². The van der Waals surface area contributed by atoms with Crippen LogP contribution in [0.5, 0.6) is 0 Å². The molecule has 1 aromatic rings. The molecule has 7 heteroatoms. The van der Waals surface area contributed by atoms with Crippen molar-refractivity contribution in [3.8, 4) is 0 Å². The molecule has 0 aliphatic heterocycles. The molecule has 114 valence electrons. The first kappa shape index (κ1) is 16.6. The molecule has 0 amide bonds. The standard InChI is InChI=1S/C13H23N3O3S/c1-3-14-13(16-9-11-20(17,18)4-2)15-8-7-12-6-5-10-19-12/h5-6,10H,3-4,7-9,11H2,1-2H3,(H2,14,15,16). The van der Waals surface area contributed by atoms with E-state index in [-0.39, 0.29) is 18.1 Å². The predicted molar refractivity (Wildman–Crippen MR) is 80.7 cm³/mol. The van der Waals surface area contributed by atoms with Gasteiger partial charge in [0.2, 0.25) is 0 Å². The summed E-state index contributed by atoms with van der Waals surface area (Å²) in [6.07, 6.45) is 2.40. The van der Waals surface area contributed by atoms with Crippen molar-refractivity contribution < 1.29 is 12.8 Å². The predicted octanol–water partition coefficient (Wildman–Crippen LogP) is 0.812. The number of nitrogens with zero attached hydrogens (tertiary/aromatic N) is 1. The van der Waals surface area contributed by atoms with Crippen LogP contribution in [0.4, 0.5) is 0 Å². The van der Waals surface area contributed by atoms with Gasteiger partial charge in [-0.15, -0.1) is 0 Å². The Hall–Kier alpha value is -1.50. The number of rotatable bonds is 8. The van der Waals surface area contributed by atoms with E-state index in [1.807, 2.05) is 19.1 Å². The summed E-state index contributed by atoms with van der Waals surface area (Å²) in [6, 6.07) is 3.77. The summed E-state index contributed by atoms with van der Waals surface area (Å²) >= 11 is 0. The van der Waals surface area contributed by atoms with Gasteiger partial charge in [0, 0.05) is 25.3 Å². The highest BCUT2D eigenvalue weighted by Crippen LogP contribution is 1.99. The topological polar surface area (TPSA) is 83.7 Å². The van der Waals surface area contributed by atoms with Crippen molar-refractivity contribution in [2.45, 2.75) is 20.3 Å². The Balaban J connectivity index is 2.38.